The average Bonchev–Trinajstić information content (AvgIpc) is 2.57. The van der Waals surface area contributed by atoms with Crippen molar-refractivity contribution in [3.63, 3.8) is 0 Å². The van der Waals surface area contributed by atoms with Crippen LogP contribution in [0.4, 0.5) is 10.1 Å². The Morgan fingerprint density at radius 2 is 1.56 bits per heavy atom. The zero-order valence-corrected chi connectivity index (χ0v) is 14.3. The van der Waals surface area contributed by atoms with E-state index in [1.54, 1.807) is 45.0 Å². The van der Waals surface area contributed by atoms with Gasteiger partial charge in [0, 0.05) is 5.69 Å². The van der Waals surface area contributed by atoms with Crippen molar-refractivity contribution >= 4 is 17.6 Å². The van der Waals surface area contributed by atoms with Crippen molar-refractivity contribution in [2.45, 2.75) is 33.0 Å². The van der Waals surface area contributed by atoms with E-state index in [1.165, 1.54) is 24.3 Å². The number of ether oxygens (including phenoxy) is 2. The van der Waals surface area contributed by atoms with E-state index in [2.05, 4.69) is 5.32 Å². The monoisotopic (exact) mass is 345 g/mol. The summed E-state index contributed by atoms with van der Waals surface area (Å²) in [4.78, 5) is 23.9. The minimum Gasteiger partial charge on any atom is -0.481 e. The summed E-state index contributed by atoms with van der Waals surface area (Å²) in [5.74, 6) is -0.751. The molecule has 5 nitrogen and oxygen atoms in total. The Hall–Kier alpha value is -2.89. The summed E-state index contributed by atoms with van der Waals surface area (Å²) in [7, 11) is 0. The van der Waals surface area contributed by atoms with E-state index in [-0.39, 0.29) is 17.8 Å². The number of hydrogen-bond donors (Lipinski definition) is 1. The van der Waals surface area contributed by atoms with Gasteiger partial charge in [-0.1, -0.05) is 0 Å². The summed E-state index contributed by atoms with van der Waals surface area (Å²) in [6.07, 6.45) is -0.965. The van der Waals surface area contributed by atoms with Gasteiger partial charge in [0.05, 0.1) is 11.7 Å². The van der Waals surface area contributed by atoms with E-state index in [4.69, 9.17) is 9.47 Å². The zero-order valence-electron chi connectivity index (χ0n) is 14.3. The first-order valence-corrected chi connectivity index (χ1v) is 7.89. The second kappa shape index (κ2) is 8.28. The van der Waals surface area contributed by atoms with Crippen LogP contribution in [-0.4, -0.2) is 24.1 Å². The van der Waals surface area contributed by atoms with Gasteiger partial charge >= 0.3 is 5.97 Å². The third-order valence-corrected chi connectivity index (χ3v) is 3.23. The topological polar surface area (TPSA) is 64.6 Å². The normalized spacial score (nSPS) is 11.7. The summed E-state index contributed by atoms with van der Waals surface area (Å²) in [5.41, 5.74) is 0.933. The van der Waals surface area contributed by atoms with Gasteiger partial charge in [-0.2, -0.15) is 0 Å². The molecule has 0 aliphatic carbocycles. The smallest absolute Gasteiger partial charge is 0.338 e. The van der Waals surface area contributed by atoms with Gasteiger partial charge in [0.15, 0.2) is 6.10 Å². The van der Waals surface area contributed by atoms with Crippen LogP contribution < -0.4 is 10.1 Å². The van der Waals surface area contributed by atoms with Gasteiger partial charge in [-0.3, -0.25) is 4.79 Å². The number of rotatable bonds is 6. The third-order valence-electron chi connectivity index (χ3n) is 3.23. The second-order valence-corrected chi connectivity index (χ2v) is 5.73. The Kier molecular flexibility index (Phi) is 6.11. The number of carbonyl (C=O) groups excluding carboxylic acids is 2. The van der Waals surface area contributed by atoms with Crippen LogP contribution in [0.25, 0.3) is 0 Å². The van der Waals surface area contributed by atoms with E-state index in [0.29, 0.717) is 17.0 Å². The highest BCUT2D eigenvalue weighted by atomic mass is 19.1. The first-order chi connectivity index (χ1) is 11.8. The molecule has 0 fully saturated rings. The number of hydrogen-bond acceptors (Lipinski definition) is 4. The van der Waals surface area contributed by atoms with E-state index < -0.39 is 12.1 Å². The SMILES string of the molecule is CC(C)OC(=O)c1ccc(NC(=O)[C@H](C)Oc2ccc(F)cc2)cc1. The molecule has 132 valence electrons. The van der Waals surface area contributed by atoms with Gasteiger partial charge in [0.1, 0.15) is 11.6 Å². The summed E-state index contributed by atoms with van der Waals surface area (Å²) in [6, 6.07) is 11.8. The Labute approximate surface area is 145 Å². The standard InChI is InChI=1S/C19H20FNO4/c1-12(2)24-19(23)14-4-8-16(9-5-14)21-18(22)13(3)25-17-10-6-15(20)7-11-17/h4-13H,1-3H3,(H,21,22)/t13-/m0/s1. The molecule has 1 N–H and O–H groups in total. The Bertz CT molecular complexity index is 726. The zero-order chi connectivity index (χ0) is 18.4. The fourth-order valence-electron chi connectivity index (χ4n) is 1.99. The van der Waals surface area contributed by atoms with Crippen LogP contribution in [-0.2, 0) is 9.53 Å². The minimum atomic E-state index is -0.768. The maximum absolute atomic E-state index is 12.9. The van der Waals surface area contributed by atoms with Gasteiger partial charge in [-0.05, 0) is 69.3 Å². The number of carbonyl (C=O) groups is 2. The molecule has 25 heavy (non-hydrogen) atoms. The lowest BCUT2D eigenvalue weighted by Crippen LogP contribution is -2.30. The van der Waals surface area contributed by atoms with Crippen molar-refractivity contribution in [2.24, 2.45) is 0 Å². The maximum Gasteiger partial charge on any atom is 0.338 e. The average molecular weight is 345 g/mol. The number of anilines is 1. The van der Waals surface area contributed by atoms with Gasteiger partial charge < -0.3 is 14.8 Å². The van der Waals surface area contributed by atoms with Crippen molar-refractivity contribution in [1.29, 1.82) is 0 Å². The molecule has 0 unspecified atom stereocenters. The highest BCUT2D eigenvalue weighted by Crippen LogP contribution is 2.15. The summed E-state index contributed by atoms with van der Waals surface area (Å²) in [5, 5.41) is 2.69. The van der Waals surface area contributed by atoms with Crippen LogP contribution in [0.15, 0.2) is 48.5 Å². The lowest BCUT2D eigenvalue weighted by molar-refractivity contribution is -0.122. The van der Waals surface area contributed by atoms with Crippen LogP contribution >= 0.6 is 0 Å². The van der Waals surface area contributed by atoms with Crippen LogP contribution in [0.2, 0.25) is 0 Å². The Morgan fingerprint density at radius 3 is 2.12 bits per heavy atom. The van der Waals surface area contributed by atoms with E-state index in [1.807, 2.05) is 0 Å². The molecule has 0 spiro atoms. The number of esters is 1. The molecule has 0 saturated carbocycles. The van der Waals surface area contributed by atoms with Crippen molar-refractivity contribution in [1.82, 2.24) is 0 Å². The van der Waals surface area contributed by atoms with Gasteiger partial charge in [-0.25, -0.2) is 9.18 Å². The number of amides is 1. The van der Waals surface area contributed by atoms with Crippen LogP contribution in [0, 0.1) is 5.82 Å². The molecule has 0 saturated heterocycles. The van der Waals surface area contributed by atoms with E-state index in [0.717, 1.165) is 0 Å². The molecule has 2 aromatic carbocycles. The molecule has 0 bridgehead atoms. The van der Waals surface area contributed by atoms with Gasteiger partial charge in [0.25, 0.3) is 5.91 Å². The molecular formula is C19H20FNO4. The molecule has 0 heterocycles. The molecule has 1 amide bonds. The van der Waals surface area contributed by atoms with Crippen molar-refractivity contribution in [3.05, 3.63) is 59.9 Å². The highest BCUT2D eigenvalue weighted by Gasteiger charge is 2.15. The van der Waals surface area contributed by atoms with Crippen LogP contribution in [0.1, 0.15) is 31.1 Å². The molecule has 0 aliphatic heterocycles. The molecule has 0 radical (unpaired) electrons. The first kappa shape index (κ1) is 18.4. The lowest BCUT2D eigenvalue weighted by Gasteiger charge is -2.15. The fraction of sp³-hybridized carbons (Fsp3) is 0.263. The predicted molar refractivity (Wildman–Crippen MR) is 92.1 cm³/mol. The largest absolute Gasteiger partial charge is 0.481 e. The predicted octanol–water partition coefficient (Wildman–Crippen LogP) is 3.80. The molecule has 2 aromatic rings. The quantitative estimate of drug-likeness (QED) is 0.809. The fourth-order valence-corrected chi connectivity index (χ4v) is 1.99. The Balaban J connectivity index is 1.93. The summed E-state index contributed by atoms with van der Waals surface area (Å²) < 4.78 is 23.4. The van der Waals surface area contributed by atoms with Crippen molar-refractivity contribution in [2.75, 3.05) is 5.32 Å². The van der Waals surface area contributed by atoms with Crippen molar-refractivity contribution in [3.8, 4) is 5.75 Å². The number of nitrogens with one attached hydrogen (secondary N) is 1. The molecule has 1 atom stereocenters. The summed E-state index contributed by atoms with van der Waals surface area (Å²) >= 11 is 0. The van der Waals surface area contributed by atoms with Gasteiger partial charge in [-0.15, -0.1) is 0 Å². The minimum absolute atomic E-state index is 0.198. The van der Waals surface area contributed by atoms with E-state index in [9.17, 15) is 14.0 Å². The molecular weight excluding hydrogens is 325 g/mol. The maximum atomic E-state index is 12.9. The second-order valence-electron chi connectivity index (χ2n) is 5.73. The van der Waals surface area contributed by atoms with Gasteiger partial charge in [0.2, 0.25) is 0 Å². The first-order valence-electron chi connectivity index (χ1n) is 7.89. The number of benzene rings is 2. The van der Waals surface area contributed by atoms with Crippen LogP contribution in [0.3, 0.4) is 0 Å². The molecule has 6 heteroatoms. The van der Waals surface area contributed by atoms with E-state index >= 15 is 0 Å². The molecule has 0 aromatic heterocycles. The number of halogens is 1. The highest BCUT2D eigenvalue weighted by molar-refractivity contribution is 5.95. The Morgan fingerprint density at radius 1 is 0.960 bits per heavy atom. The lowest BCUT2D eigenvalue weighted by atomic mass is 10.2. The summed E-state index contributed by atoms with van der Waals surface area (Å²) in [6.45, 7) is 5.14. The molecule has 0 aliphatic rings. The van der Waals surface area contributed by atoms with Crippen LogP contribution in [0.5, 0.6) is 5.75 Å². The molecule has 2 rings (SSSR count). The third kappa shape index (κ3) is 5.60. The van der Waals surface area contributed by atoms with Crippen molar-refractivity contribution < 1.29 is 23.5 Å².